The van der Waals surface area contributed by atoms with Gasteiger partial charge in [0.2, 0.25) is 0 Å². The summed E-state index contributed by atoms with van der Waals surface area (Å²) in [5.74, 6) is 0.0385. The predicted octanol–water partition coefficient (Wildman–Crippen LogP) is 1.47. The minimum atomic E-state index is -0.278. The molecule has 0 aliphatic carbocycles. The van der Waals surface area contributed by atoms with E-state index in [4.69, 9.17) is 4.74 Å². The molecule has 8 heteroatoms. The number of amides is 2. The van der Waals surface area contributed by atoms with Crippen molar-refractivity contribution < 1.29 is 14.3 Å². The van der Waals surface area contributed by atoms with E-state index in [9.17, 15) is 9.59 Å². The van der Waals surface area contributed by atoms with Crippen LogP contribution in [-0.4, -0.2) is 75.1 Å². The van der Waals surface area contributed by atoms with Crippen LogP contribution >= 0.6 is 0 Å². The van der Waals surface area contributed by atoms with Crippen molar-refractivity contribution in [1.82, 2.24) is 24.4 Å². The molecule has 3 aromatic rings. The number of piperazine rings is 1. The zero-order valence-corrected chi connectivity index (χ0v) is 15.9. The third kappa shape index (κ3) is 3.36. The minimum absolute atomic E-state index is 0.0124. The van der Waals surface area contributed by atoms with E-state index in [1.807, 2.05) is 36.4 Å². The van der Waals surface area contributed by atoms with E-state index >= 15 is 0 Å². The number of ether oxygens (including phenoxy) is 1. The van der Waals surface area contributed by atoms with Crippen LogP contribution in [0.4, 0.5) is 0 Å². The third-order valence-electron chi connectivity index (χ3n) is 5.54. The van der Waals surface area contributed by atoms with Crippen LogP contribution in [0.15, 0.2) is 48.8 Å². The van der Waals surface area contributed by atoms with Gasteiger partial charge in [-0.3, -0.25) is 9.59 Å². The Kier molecular flexibility index (Phi) is 4.48. The largest absolute Gasteiger partial charge is 0.368 e. The van der Waals surface area contributed by atoms with Crippen LogP contribution in [0.5, 0.6) is 0 Å². The SMILES string of the molecule is O=C(c1ccc(-c2ccc3nccn3n2)cc1)N1CCN(C(=O)C2CCO2)CC1. The Labute approximate surface area is 167 Å². The average Bonchev–Trinajstić information content (AvgIpc) is 3.20. The Hall–Kier alpha value is -3.26. The van der Waals surface area contributed by atoms with Gasteiger partial charge in [-0.2, -0.15) is 5.10 Å². The number of nitrogens with zero attached hydrogens (tertiary/aromatic N) is 5. The molecule has 2 aromatic heterocycles. The summed E-state index contributed by atoms with van der Waals surface area (Å²) < 4.78 is 7.00. The van der Waals surface area contributed by atoms with Crippen LogP contribution in [0, 0.1) is 0 Å². The van der Waals surface area contributed by atoms with Gasteiger partial charge in [-0.05, 0) is 24.3 Å². The van der Waals surface area contributed by atoms with Crippen LogP contribution in [0.1, 0.15) is 16.8 Å². The van der Waals surface area contributed by atoms with Gasteiger partial charge in [0.05, 0.1) is 12.3 Å². The maximum absolute atomic E-state index is 12.8. The van der Waals surface area contributed by atoms with Crippen LogP contribution in [0.3, 0.4) is 0 Å². The zero-order valence-electron chi connectivity index (χ0n) is 15.9. The Morgan fingerprint density at radius 1 is 0.966 bits per heavy atom. The average molecular weight is 391 g/mol. The zero-order chi connectivity index (χ0) is 19.8. The summed E-state index contributed by atoms with van der Waals surface area (Å²) in [6, 6.07) is 11.3. The first-order valence-corrected chi connectivity index (χ1v) is 9.79. The summed E-state index contributed by atoms with van der Waals surface area (Å²) in [7, 11) is 0. The van der Waals surface area contributed by atoms with Crippen LogP contribution in [0.2, 0.25) is 0 Å². The van der Waals surface area contributed by atoms with Crippen molar-refractivity contribution >= 4 is 17.5 Å². The fraction of sp³-hybridized carbons (Fsp3) is 0.333. The van der Waals surface area contributed by atoms with Crippen LogP contribution in [0.25, 0.3) is 16.9 Å². The second kappa shape index (κ2) is 7.29. The molecule has 2 saturated heterocycles. The summed E-state index contributed by atoms with van der Waals surface area (Å²) in [4.78, 5) is 32.9. The molecule has 2 aliphatic rings. The van der Waals surface area contributed by atoms with Crippen molar-refractivity contribution in [1.29, 1.82) is 0 Å². The highest BCUT2D eigenvalue weighted by atomic mass is 16.5. The number of imidazole rings is 1. The molecule has 8 nitrogen and oxygen atoms in total. The molecule has 1 unspecified atom stereocenters. The smallest absolute Gasteiger partial charge is 0.253 e. The maximum atomic E-state index is 12.8. The Morgan fingerprint density at radius 3 is 2.38 bits per heavy atom. The van der Waals surface area contributed by atoms with Gasteiger partial charge in [-0.1, -0.05) is 12.1 Å². The fourth-order valence-corrected chi connectivity index (χ4v) is 3.70. The molecule has 4 heterocycles. The van der Waals surface area contributed by atoms with E-state index in [0.29, 0.717) is 38.3 Å². The predicted molar refractivity (Wildman–Crippen MR) is 105 cm³/mol. The standard InChI is InChI=1S/C21H21N5O3/c27-20(24-10-12-25(13-11-24)21(28)18-7-14-29-18)16-3-1-15(2-4-16)17-5-6-19-22-8-9-26(19)23-17/h1-6,8-9,18H,7,10-14H2. The molecule has 0 N–H and O–H groups in total. The molecule has 0 spiro atoms. The fourth-order valence-electron chi connectivity index (χ4n) is 3.70. The number of benzene rings is 1. The molecule has 5 rings (SSSR count). The number of aromatic nitrogens is 3. The minimum Gasteiger partial charge on any atom is -0.368 e. The molecule has 1 aromatic carbocycles. The highest BCUT2D eigenvalue weighted by Gasteiger charge is 2.33. The van der Waals surface area contributed by atoms with E-state index in [1.54, 1.807) is 26.7 Å². The first kappa shape index (κ1) is 17.8. The van der Waals surface area contributed by atoms with Crippen LogP contribution in [-0.2, 0) is 9.53 Å². The molecule has 0 bridgehead atoms. The van der Waals surface area contributed by atoms with E-state index < -0.39 is 0 Å². The number of rotatable bonds is 3. The summed E-state index contributed by atoms with van der Waals surface area (Å²) in [5, 5.41) is 4.53. The summed E-state index contributed by atoms with van der Waals surface area (Å²) in [5.41, 5.74) is 3.19. The van der Waals surface area contributed by atoms with E-state index in [1.165, 1.54) is 0 Å². The highest BCUT2D eigenvalue weighted by molar-refractivity contribution is 5.95. The Bertz CT molecular complexity index is 1050. The van der Waals surface area contributed by atoms with Gasteiger partial charge in [0, 0.05) is 56.1 Å². The lowest BCUT2D eigenvalue weighted by molar-refractivity contribution is -0.157. The lowest BCUT2D eigenvalue weighted by Gasteiger charge is -2.38. The van der Waals surface area contributed by atoms with E-state index in [0.717, 1.165) is 23.3 Å². The van der Waals surface area contributed by atoms with Gasteiger partial charge in [-0.25, -0.2) is 9.50 Å². The number of fused-ring (bicyclic) bond motifs is 1. The lowest BCUT2D eigenvalue weighted by Crippen LogP contribution is -2.54. The quantitative estimate of drug-likeness (QED) is 0.676. The second-order valence-electron chi connectivity index (χ2n) is 7.29. The summed E-state index contributed by atoms with van der Waals surface area (Å²) in [6.45, 7) is 2.85. The molecule has 2 fully saturated rings. The molecule has 2 amide bonds. The van der Waals surface area contributed by atoms with Crippen molar-refractivity contribution in [2.45, 2.75) is 12.5 Å². The lowest BCUT2D eigenvalue weighted by atomic mass is 10.1. The maximum Gasteiger partial charge on any atom is 0.253 e. The molecule has 2 aliphatic heterocycles. The summed E-state index contributed by atoms with van der Waals surface area (Å²) >= 11 is 0. The van der Waals surface area contributed by atoms with Gasteiger partial charge >= 0.3 is 0 Å². The normalized spacial score (nSPS) is 19.2. The van der Waals surface area contributed by atoms with Crippen molar-refractivity contribution in [3.05, 3.63) is 54.4 Å². The number of hydrogen-bond donors (Lipinski definition) is 0. The van der Waals surface area contributed by atoms with Crippen molar-refractivity contribution in [3.63, 3.8) is 0 Å². The molecule has 0 saturated carbocycles. The molecule has 1 atom stereocenters. The van der Waals surface area contributed by atoms with Crippen molar-refractivity contribution in [3.8, 4) is 11.3 Å². The topological polar surface area (TPSA) is 80.0 Å². The first-order valence-electron chi connectivity index (χ1n) is 9.79. The number of hydrogen-bond acceptors (Lipinski definition) is 5. The van der Waals surface area contributed by atoms with Gasteiger partial charge in [0.15, 0.2) is 5.65 Å². The molecular formula is C21H21N5O3. The number of carbonyl (C=O) groups excluding carboxylic acids is 2. The van der Waals surface area contributed by atoms with Crippen molar-refractivity contribution in [2.24, 2.45) is 0 Å². The Morgan fingerprint density at radius 2 is 1.69 bits per heavy atom. The van der Waals surface area contributed by atoms with Gasteiger partial charge in [0.1, 0.15) is 6.10 Å². The molecule has 29 heavy (non-hydrogen) atoms. The molecule has 0 radical (unpaired) electrons. The third-order valence-corrected chi connectivity index (χ3v) is 5.54. The monoisotopic (exact) mass is 391 g/mol. The second-order valence-corrected chi connectivity index (χ2v) is 7.29. The molecular weight excluding hydrogens is 370 g/mol. The molecule has 148 valence electrons. The highest BCUT2D eigenvalue weighted by Crippen LogP contribution is 2.20. The number of carbonyl (C=O) groups is 2. The van der Waals surface area contributed by atoms with Gasteiger partial charge in [0.25, 0.3) is 11.8 Å². The van der Waals surface area contributed by atoms with Crippen LogP contribution < -0.4 is 0 Å². The van der Waals surface area contributed by atoms with Gasteiger partial charge in [-0.15, -0.1) is 0 Å². The van der Waals surface area contributed by atoms with E-state index in [2.05, 4.69) is 10.1 Å². The summed E-state index contributed by atoms with van der Waals surface area (Å²) in [6.07, 6.45) is 4.03. The Balaban J connectivity index is 1.24. The van der Waals surface area contributed by atoms with Gasteiger partial charge < -0.3 is 14.5 Å². The van der Waals surface area contributed by atoms with Crippen molar-refractivity contribution in [2.75, 3.05) is 32.8 Å². The first-order chi connectivity index (χ1) is 14.2. The van der Waals surface area contributed by atoms with E-state index in [-0.39, 0.29) is 17.9 Å².